The average Bonchev–Trinajstić information content (AvgIpc) is 3.27. The number of benzene rings is 3. The maximum atomic E-state index is 13.2. The highest BCUT2D eigenvalue weighted by molar-refractivity contribution is 6.30. The first-order valence-electron chi connectivity index (χ1n) is 12.7. The maximum absolute atomic E-state index is 13.2. The van der Waals surface area contributed by atoms with E-state index in [2.05, 4.69) is 4.90 Å². The third-order valence-electron chi connectivity index (χ3n) is 7.10. The summed E-state index contributed by atoms with van der Waals surface area (Å²) in [6.45, 7) is 5.02. The van der Waals surface area contributed by atoms with Crippen LogP contribution < -0.4 is 0 Å². The van der Waals surface area contributed by atoms with Crippen molar-refractivity contribution in [1.82, 2.24) is 9.80 Å². The van der Waals surface area contributed by atoms with Crippen molar-refractivity contribution in [2.24, 2.45) is 0 Å². The van der Waals surface area contributed by atoms with E-state index < -0.39 is 11.7 Å². The van der Waals surface area contributed by atoms with Crippen LogP contribution in [-0.2, 0) is 17.5 Å². The Morgan fingerprint density at radius 2 is 1.64 bits per heavy atom. The molecular weight excluding hydrogens is 529 g/mol. The number of alkyl halides is 3. The molecule has 1 saturated heterocycles. The SMILES string of the molecule is Cc1c(C(=O)N2CCN(C[C@@H](OCc3ccc(C(F)(F)F)cc3)c3ccc(Cl)cc3)CC2)oc2ccccc12. The van der Waals surface area contributed by atoms with Gasteiger partial charge >= 0.3 is 6.18 Å². The molecule has 0 radical (unpaired) electrons. The standard InChI is InChI=1S/C30H28ClF3N2O3/c1-20-25-4-2-3-5-26(25)39-28(20)29(37)36-16-14-35(15-17-36)18-27(22-8-12-24(31)13-9-22)38-19-21-6-10-23(11-7-21)30(32,33)34/h2-13,27H,14-19H2,1H3/t27-/m1/s1. The van der Waals surface area contributed by atoms with Crippen molar-refractivity contribution in [3.05, 3.63) is 106 Å². The third kappa shape index (κ3) is 6.30. The van der Waals surface area contributed by atoms with E-state index in [-0.39, 0.29) is 18.6 Å². The molecule has 0 aliphatic carbocycles. The van der Waals surface area contributed by atoms with E-state index in [1.807, 2.05) is 48.2 Å². The van der Waals surface area contributed by atoms with E-state index in [0.29, 0.717) is 54.7 Å². The Balaban J connectivity index is 1.23. The number of piperazine rings is 1. The van der Waals surface area contributed by atoms with Crippen molar-refractivity contribution >= 4 is 28.5 Å². The lowest BCUT2D eigenvalue weighted by atomic mass is 10.1. The van der Waals surface area contributed by atoms with Gasteiger partial charge in [0.2, 0.25) is 0 Å². The minimum Gasteiger partial charge on any atom is -0.451 e. The normalized spacial score (nSPS) is 15.6. The van der Waals surface area contributed by atoms with Gasteiger partial charge in [0.05, 0.1) is 18.3 Å². The molecule has 9 heteroatoms. The molecule has 39 heavy (non-hydrogen) atoms. The van der Waals surface area contributed by atoms with Gasteiger partial charge in [-0.1, -0.05) is 54.1 Å². The van der Waals surface area contributed by atoms with Crippen LogP contribution in [0.5, 0.6) is 0 Å². The molecule has 2 heterocycles. The number of furan rings is 1. The molecule has 1 fully saturated rings. The van der Waals surface area contributed by atoms with Crippen LogP contribution in [0.15, 0.2) is 77.2 Å². The van der Waals surface area contributed by atoms with Gasteiger partial charge in [-0.15, -0.1) is 0 Å². The summed E-state index contributed by atoms with van der Waals surface area (Å²) >= 11 is 6.08. The van der Waals surface area contributed by atoms with Crippen molar-refractivity contribution < 1.29 is 27.1 Å². The molecule has 1 amide bonds. The Morgan fingerprint density at radius 3 is 2.28 bits per heavy atom. The summed E-state index contributed by atoms with van der Waals surface area (Å²) in [6, 6.07) is 20.0. The molecule has 5 nitrogen and oxygen atoms in total. The molecule has 1 aliphatic heterocycles. The second kappa shape index (κ2) is 11.4. The molecule has 4 aromatic rings. The number of halogens is 4. The highest BCUT2D eigenvalue weighted by atomic mass is 35.5. The Hall–Kier alpha value is -3.33. The van der Waals surface area contributed by atoms with Crippen molar-refractivity contribution in [3.63, 3.8) is 0 Å². The third-order valence-corrected chi connectivity index (χ3v) is 7.35. The van der Waals surface area contributed by atoms with E-state index in [4.69, 9.17) is 20.8 Å². The summed E-state index contributed by atoms with van der Waals surface area (Å²) < 4.78 is 50.8. The van der Waals surface area contributed by atoms with Gasteiger partial charge in [0.15, 0.2) is 5.76 Å². The smallest absolute Gasteiger partial charge is 0.416 e. The molecule has 1 atom stereocenters. The summed E-state index contributed by atoms with van der Waals surface area (Å²) in [5.74, 6) is 0.264. The van der Waals surface area contributed by atoms with Crippen LogP contribution in [-0.4, -0.2) is 48.4 Å². The van der Waals surface area contributed by atoms with Crippen LogP contribution in [0.2, 0.25) is 5.02 Å². The molecule has 1 aliphatic rings. The zero-order valence-electron chi connectivity index (χ0n) is 21.4. The summed E-state index contributed by atoms with van der Waals surface area (Å²) in [7, 11) is 0. The fourth-order valence-corrected chi connectivity index (χ4v) is 4.93. The van der Waals surface area contributed by atoms with Crippen LogP contribution in [0.25, 0.3) is 11.0 Å². The minimum absolute atomic E-state index is 0.115. The van der Waals surface area contributed by atoms with Gasteiger partial charge in [0, 0.05) is 48.7 Å². The van der Waals surface area contributed by atoms with Crippen molar-refractivity contribution in [2.45, 2.75) is 25.8 Å². The number of ether oxygens (including phenoxy) is 1. The summed E-state index contributed by atoms with van der Waals surface area (Å²) in [5.41, 5.74) is 2.43. The fourth-order valence-electron chi connectivity index (χ4n) is 4.81. The van der Waals surface area contributed by atoms with Gasteiger partial charge in [-0.2, -0.15) is 13.2 Å². The summed E-state index contributed by atoms with van der Waals surface area (Å²) in [5, 5.41) is 1.55. The highest BCUT2D eigenvalue weighted by Gasteiger charge is 2.30. The lowest BCUT2D eigenvalue weighted by Crippen LogP contribution is -2.49. The number of nitrogens with zero attached hydrogens (tertiary/aromatic N) is 2. The molecule has 1 aromatic heterocycles. The molecule has 0 spiro atoms. The fraction of sp³-hybridized carbons (Fsp3) is 0.300. The molecule has 0 bridgehead atoms. The van der Waals surface area contributed by atoms with Crippen LogP contribution in [0.4, 0.5) is 13.2 Å². The number of para-hydroxylation sites is 1. The number of hydrogen-bond acceptors (Lipinski definition) is 4. The first-order valence-corrected chi connectivity index (χ1v) is 13.1. The second-order valence-corrected chi connectivity index (χ2v) is 10.1. The van der Waals surface area contributed by atoms with E-state index in [1.54, 1.807) is 12.1 Å². The van der Waals surface area contributed by atoms with Gasteiger partial charge in [0.1, 0.15) is 5.58 Å². The lowest BCUT2D eigenvalue weighted by molar-refractivity contribution is -0.137. The maximum Gasteiger partial charge on any atom is 0.416 e. The predicted molar refractivity (Wildman–Crippen MR) is 144 cm³/mol. The zero-order chi connectivity index (χ0) is 27.6. The topological polar surface area (TPSA) is 45.9 Å². The first-order chi connectivity index (χ1) is 18.7. The quantitative estimate of drug-likeness (QED) is 0.243. The van der Waals surface area contributed by atoms with Gasteiger partial charge in [-0.3, -0.25) is 9.69 Å². The Kier molecular flexibility index (Phi) is 7.98. The van der Waals surface area contributed by atoms with Gasteiger partial charge in [0.25, 0.3) is 5.91 Å². The van der Waals surface area contributed by atoms with Crippen LogP contribution in [0.3, 0.4) is 0 Å². The van der Waals surface area contributed by atoms with Crippen molar-refractivity contribution in [2.75, 3.05) is 32.7 Å². The first kappa shape index (κ1) is 27.2. The van der Waals surface area contributed by atoms with Crippen LogP contribution >= 0.6 is 11.6 Å². The summed E-state index contributed by atoms with van der Waals surface area (Å²) in [4.78, 5) is 17.3. The monoisotopic (exact) mass is 556 g/mol. The number of hydrogen-bond donors (Lipinski definition) is 0. The number of carbonyl (C=O) groups is 1. The number of carbonyl (C=O) groups excluding carboxylic acids is 1. The van der Waals surface area contributed by atoms with E-state index in [0.717, 1.165) is 28.6 Å². The molecule has 204 valence electrons. The average molecular weight is 557 g/mol. The molecule has 3 aromatic carbocycles. The summed E-state index contributed by atoms with van der Waals surface area (Å²) in [6.07, 6.45) is -4.71. The van der Waals surface area contributed by atoms with E-state index in [9.17, 15) is 18.0 Å². The number of fused-ring (bicyclic) bond motifs is 1. The predicted octanol–water partition coefficient (Wildman–Crippen LogP) is 7.13. The lowest BCUT2D eigenvalue weighted by Gasteiger charge is -2.36. The van der Waals surface area contributed by atoms with E-state index in [1.165, 1.54) is 12.1 Å². The zero-order valence-corrected chi connectivity index (χ0v) is 22.1. The molecule has 5 rings (SSSR count). The highest BCUT2D eigenvalue weighted by Crippen LogP contribution is 2.30. The van der Waals surface area contributed by atoms with Crippen LogP contribution in [0, 0.1) is 6.92 Å². The van der Waals surface area contributed by atoms with Crippen molar-refractivity contribution in [1.29, 1.82) is 0 Å². The van der Waals surface area contributed by atoms with Gasteiger partial charge in [-0.25, -0.2) is 0 Å². The Bertz CT molecular complexity index is 1430. The number of amides is 1. The Labute approximate surface area is 229 Å². The molecule has 0 N–H and O–H groups in total. The largest absolute Gasteiger partial charge is 0.451 e. The number of rotatable bonds is 7. The molecule has 0 saturated carbocycles. The molecule has 0 unspecified atom stereocenters. The molecular formula is C30H28ClF3N2O3. The Morgan fingerprint density at radius 1 is 0.974 bits per heavy atom. The second-order valence-electron chi connectivity index (χ2n) is 9.69. The van der Waals surface area contributed by atoms with Crippen LogP contribution in [0.1, 0.15) is 38.9 Å². The van der Waals surface area contributed by atoms with E-state index >= 15 is 0 Å². The van der Waals surface area contributed by atoms with Crippen molar-refractivity contribution in [3.8, 4) is 0 Å². The minimum atomic E-state index is -4.38. The van der Waals surface area contributed by atoms with Gasteiger partial charge < -0.3 is 14.1 Å². The number of aryl methyl sites for hydroxylation is 1. The van der Waals surface area contributed by atoms with Gasteiger partial charge in [-0.05, 0) is 48.4 Å².